The Morgan fingerprint density at radius 2 is 2.19 bits per heavy atom. The van der Waals surface area contributed by atoms with E-state index >= 15 is 0 Å². The van der Waals surface area contributed by atoms with Crippen molar-refractivity contribution in [3.63, 3.8) is 0 Å². The van der Waals surface area contributed by atoms with Crippen LogP contribution in [0.5, 0.6) is 0 Å². The number of H-pyrrole nitrogens is 1. The van der Waals surface area contributed by atoms with Crippen molar-refractivity contribution >= 4 is 22.7 Å². The van der Waals surface area contributed by atoms with Crippen molar-refractivity contribution in [3.8, 4) is 17.3 Å². The Morgan fingerprint density at radius 1 is 1.38 bits per heavy atom. The molecule has 0 spiro atoms. The number of rotatable bonds is 3. The van der Waals surface area contributed by atoms with Crippen molar-refractivity contribution in [1.82, 2.24) is 15.0 Å². The first kappa shape index (κ1) is 17.4. The molecule has 0 aliphatic rings. The third kappa shape index (κ3) is 3.20. The van der Waals surface area contributed by atoms with Gasteiger partial charge in [0.1, 0.15) is 23.4 Å². The number of amidine groups is 1. The standard InChI is InChI=1S/C20H20N6/c1-5-13(3)19(22-4)25-17-9-15(16-8-12(2)6-7-23-16)18-14(10-21)11-24-20(18)26-17/h5-9,11H,1-4H3,(H2,22,24,25,26)/b13-5-. The lowest BCUT2D eigenvalue weighted by molar-refractivity contribution is 1.27. The first-order chi connectivity index (χ1) is 12.6. The van der Waals surface area contributed by atoms with E-state index in [-0.39, 0.29) is 0 Å². The van der Waals surface area contributed by atoms with Gasteiger partial charge in [0.05, 0.1) is 11.3 Å². The highest BCUT2D eigenvalue weighted by atomic mass is 15.1. The molecular weight excluding hydrogens is 324 g/mol. The predicted molar refractivity (Wildman–Crippen MR) is 105 cm³/mol. The molecule has 0 aliphatic heterocycles. The van der Waals surface area contributed by atoms with Crippen LogP contribution < -0.4 is 5.32 Å². The Bertz CT molecular complexity index is 1070. The Balaban J connectivity index is 2.21. The maximum Gasteiger partial charge on any atom is 0.141 e. The fourth-order valence-corrected chi connectivity index (χ4v) is 2.76. The van der Waals surface area contributed by atoms with Gasteiger partial charge in [0, 0.05) is 30.4 Å². The Hall–Kier alpha value is -3.46. The van der Waals surface area contributed by atoms with Gasteiger partial charge in [-0.3, -0.25) is 9.98 Å². The number of aromatic nitrogens is 3. The second-order valence-corrected chi connectivity index (χ2v) is 5.98. The molecule has 130 valence electrons. The Kier molecular flexibility index (Phi) is 4.81. The smallest absolute Gasteiger partial charge is 0.141 e. The molecule has 0 fully saturated rings. The SMILES string of the molecule is C/C=C(/C)C(=NC)Nc1cc(-c2cc(C)ccn2)c2c(C#N)c[nH]c2n1. The number of hydrogen-bond donors (Lipinski definition) is 2. The Labute approximate surface area is 152 Å². The highest BCUT2D eigenvalue weighted by molar-refractivity contribution is 6.08. The summed E-state index contributed by atoms with van der Waals surface area (Å²) in [6.07, 6.45) is 5.43. The molecule has 0 saturated carbocycles. The maximum atomic E-state index is 9.45. The largest absolute Gasteiger partial charge is 0.345 e. The Morgan fingerprint density at radius 3 is 2.85 bits per heavy atom. The van der Waals surface area contributed by atoms with Crippen LogP contribution >= 0.6 is 0 Å². The lowest BCUT2D eigenvalue weighted by Gasteiger charge is -2.12. The number of pyridine rings is 2. The second-order valence-electron chi connectivity index (χ2n) is 5.98. The van der Waals surface area contributed by atoms with Gasteiger partial charge in [0.15, 0.2) is 0 Å². The van der Waals surface area contributed by atoms with E-state index in [4.69, 9.17) is 0 Å². The van der Waals surface area contributed by atoms with Gasteiger partial charge in [-0.25, -0.2) is 4.98 Å². The summed E-state index contributed by atoms with van der Waals surface area (Å²) in [7, 11) is 1.74. The summed E-state index contributed by atoms with van der Waals surface area (Å²) in [5.74, 6) is 1.39. The zero-order chi connectivity index (χ0) is 18.7. The number of aryl methyl sites for hydroxylation is 1. The molecular formula is C20H20N6. The summed E-state index contributed by atoms with van der Waals surface area (Å²) >= 11 is 0. The van der Waals surface area contributed by atoms with Gasteiger partial charge in [0.2, 0.25) is 0 Å². The monoisotopic (exact) mass is 344 g/mol. The van der Waals surface area contributed by atoms with Crippen LogP contribution in [-0.2, 0) is 0 Å². The third-order valence-electron chi connectivity index (χ3n) is 4.23. The predicted octanol–water partition coefficient (Wildman–Crippen LogP) is 4.21. The molecule has 0 aromatic carbocycles. The summed E-state index contributed by atoms with van der Waals surface area (Å²) in [6.45, 7) is 5.96. The number of allylic oxidation sites excluding steroid dienone is 1. The van der Waals surface area contributed by atoms with E-state index in [9.17, 15) is 5.26 Å². The second kappa shape index (κ2) is 7.19. The molecule has 6 heteroatoms. The van der Waals surface area contributed by atoms with Crippen LogP contribution in [0.3, 0.4) is 0 Å². The number of hydrogen-bond acceptors (Lipinski definition) is 4. The number of nitriles is 1. The van der Waals surface area contributed by atoms with Crippen LogP contribution in [0, 0.1) is 18.3 Å². The van der Waals surface area contributed by atoms with Gasteiger partial charge in [-0.2, -0.15) is 5.26 Å². The molecule has 0 aliphatic carbocycles. The fourth-order valence-electron chi connectivity index (χ4n) is 2.76. The van der Waals surface area contributed by atoms with Crippen molar-refractivity contribution in [1.29, 1.82) is 5.26 Å². The number of aromatic amines is 1. The maximum absolute atomic E-state index is 9.45. The summed E-state index contributed by atoms with van der Waals surface area (Å²) in [6, 6.07) is 8.07. The topological polar surface area (TPSA) is 89.8 Å². The minimum absolute atomic E-state index is 0.548. The summed E-state index contributed by atoms with van der Waals surface area (Å²) in [5.41, 5.74) is 4.96. The summed E-state index contributed by atoms with van der Waals surface area (Å²) in [4.78, 5) is 16.5. The first-order valence-corrected chi connectivity index (χ1v) is 8.29. The van der Waals surface area contributed by atoms with Crippen LogP contribution in [0.1, 0.15) is 25.0 Å². The van der Waals surface area contributed by atoms with Gasteiger partial charge in [0.25, 0.3) is 0 Å². The average molecular weight is 344 g/mol. The van der Waals surface area contributed by atoms with E-state index in [1.165, 1.54) is 0 Å². The highest BCUT2D eigenvalue weighted by Gasteiger charge is 2.15. The molecule has 0 amide bonds. The highest BCUT2D eigenvalue weighted by Crippen LogP contribution is 2.31. The minimum Gasteiger partial charge on any atom is -0.345 e. The normalized spacial score (nSPS) is 12.3. The van der Waals surface area contributed by atoms with Crippen LogP contribution in [0.25, 0.3) is 22.3 Å². The van der Waals surface area contributed by atoms with Crippen LogP contribution in [0.15, 0.2) is 47.2 Å². The number of nitrogens with one attached hydrogen (secondary N) is 2. The van der Waals surface area contributed by atoms with E-state index in [1.54, 1.807) is 19.4 Å². The van der Waals surface area contributed by atoms with E-state index in [0.717, 1.165) is 33.6 Å². The molecule has 6 nitrogen and oxygen atoms in total. The quantitative estimate of drug-likeness (QED) is 0.550. The summed E-state index contributed by atoms with van der Waals surface area (Å²) in [5, 5.41) is 13.5. The van der Waals surface area contributed by atoms with Gasteiger partial charge >= 0.3 is 0 Å². The van der Waals surface area contributed by atoms with Crippen LogP contribution in [-0.4, -0.2) is 27.8 Å². The van der Waals surface area contributed by atoms with E-state index in [1.807, 2.05) is 45.0 Å². The number of fused-ring (bicyclic) bond motifs is 1. The van der Waals surface area contributed by atoms with Crippen molar-refractivity contribution in [3.05, 3.63) is 53.4 Å². The zero-order valence-corrected chi connectivity index (χ0v) is 15.3. The molecule has 3 heterocycles. The van der Waals surface area contributed by atoms with Gasteiger partial charge < -0.3 is 10.3 Å². The molecule has 3 aromatic heterocycles. The van der Waals surface area contributed by atoms with Crippen LogP contribution in [0.4, 0.5) is 5.82 Å². The molecule has 0 saturated heterocycles. The van der Waals surface area contributed by atoms with Crippen molar-refractivity contribution in [2.24, 2.45) is 4.99 Å². The van der Waals surface area contributed by atoms with Gasteiger partial charge in [-0.15, -0.1) is 0 Å². The fraction of sp³-hybridized carbons (Fsp3) is 0.200. The van der Waals surface area contributed by atoms with Crippen molar-refractivity contribution in [2.45, 2.75) is 20.8 Å². The lowest BCUT2D eigenvalue weighted by atomic mass is 10.0. The van der Waals surface area contributed by atoms with Crippen molar-refractivity contribution in [2.75, 3.05) is 12.4 Å². The van der Waals surface area contributed by atoms with E-state index < -0.39 is 0 Å². The lowest BCUT2D eigenvalue weighted by Crippen LogP contribution is -2.14. The van der Waals surface area contributed by atoms with E-state index in [0.29, 0.717) is 17.0 Å². The van der Waals surface area contributed by atoms with E-state index in [2.05, 4.69) is 31.3 Å². The first-order valence-electron chi connectivity index (χ1n) is 8.29. The minimum atomic E-state index is 0.548. The summed E-state index contributed by atoms with van der Waals surface area (Å²) < 4.78 is 0. The molecule has 0 unspecified atom stereocenters. The number of aliphatic imine (C=N–C) groups is 1. The number of anilines is 1. The molecule has 0 radical (unpaired) electrons. The molecule has 3 rings (SSSR count). The average Bonchev–Trinajstić information content (AvgIpc) is 3.07. The third-order valence-corrected chi connectivity index (χ3v) is 4.23. The van der Waals surface area contributed by atoms with Gasteiger partial charge in [-0.1, -0.05) is 6.08 Å². The molecule has 0 atom stereocenters. The molecule has 2 N–H and O–H groups in total. The molecule has 0 bridgehead atoms. The number of nitrogens with zero attached hydrogens (tertiary/aromatic N) is 4. The van der Waals surface area contributed by atoms with Crippen molar-refractivity contribution < 1.29 is 0 Å². The van der Waals surface area contributed by atoms with Gasteiger partial charge in [-0.05, 0) is 50.1 Å². The zero-order valence-electron chi connectivity index (χ0n) is 15.3. The van der Waals surface area contributed by atoms with Crippen LogP contribution in [0.2, 0.25) is 0 Å². The molecule has 3 aromatic rings. The molecule has 26 heavy (non-hydrogen) atoms.